The lowest BCUT2D eigenvalue weighted by atomic mass is 10.1. The predicted octanol–water partition coefficient (Wildman–Crippen LogP) is 3.41. The Bertz CT molecular complexity index is 415. The van der Waals surface area contributed by atoms with E-state index in [9.17, 15) is 4.79 Å². The minimum absolute atomic E-state index is 0.0667. The molecule has 106 valence electrons. The molecule has 19 heavy (non-hydrogen) atoms. The Morgan fingerprint density at radius 2 is 2.00 bits per heavy atom. The molecule has 0 aliphatic rings. The van der Waals surface area contributed by atoms with Crippen LogP contribution in [0.5, 0.6) is 0 Å². The summed E-state index contributed by atoms with van der Waals surface area (Å²) in [6, 6.07) is 5.90. The van der Waals surface area contributed by atoms with Crippen molar-refractivity contribution in [1.82, 2.24) is 5.32 Å². The highest BCUT2D eigenvalue weighted by atomic mass is 16.2. The van der Waals surface area contributed by atoms with Gasteiger partial charge >= 0.3 is 0 Å². The van der Waals surface area contributed by atoms with Crippen molar-refractivity contribution in [3.05, 3.63) is 29.3 Å². The zero-order valence-electron chi connectivity index (χ0n) is 12.5. The van der Waals surface area contributed by atoms with E-state index in [2.05, 4.69) is 37.5 Å². The van der Waals surface area contributed by atoms with E-state index in [1.165, 1.54) is 24.0 Å². The van der Waals surface area contributed by atoms with Crippen molar-refractivity contribution in [3.63, 3.8) is 0 Å². The largest absolute Gasteiger partial charge is 0.374 e. The molecule has 3 heteroatoms. The number of amides is 1. The first-order chi connectivity index (χ1) is 9.06. The number of unbranched alkanes of at least 4 members (excludes halogenated alkanes) is 2. The van der Waals surface area contributed by atoms with E-state index in [1.54, 1.807) is 0 Å². The zero-order valence-corrected chi connectivity index (χ0v) is 12.5. The molecule has 0 aromatic heterocycles. The summed E-state index contributed by atoms with van der Waals surface area (Å²) in [7, 11) is 0. The molecule has 1 aromatic rings. The summed E-state index contributed by atoms with van der Waals surface area (Å²) in [5.74, 6) is 0.0667. The van der Waals surface area contributed by atoms with E-state index >= 15 is 0 Å². The molecule has 0 bridgehead atoms. The monoisotopic (exact) mass is 262 g/mol. The third-order valence-electron chi connectivity index (χ3n) is 3.45. The normalized spacial score (nSPS) is 12.0. The van der Waals surface area contributed by atoms with Crippen molar-refractivity contribution in [2.45, 2.75) is 53.0 Å². The Labute approximate surface area is 116 Å². The second-order valence-corrected chi connectivity index (χ2v) is 5.11. The molecule has 2 N–H and O–H groups in total. The van der Waals surface area contributed by atoms with Gasteiger partial charge in [-0.1, -0.05) is 31.9 Å². The lowest BCUT2D eigenvalue weighted by Gasteiger charge is -2.17. The lowest BCUT2D eigenvalue weighted by Crippen LogP contribution is -2.38. The highest BCUT2D eigenvalue weighted by Gasteiger charge is 2.12. The highest BCUT2D eigenvalue weighted by molar-refractivity contribution is 5.84. The smallest absolute Gasteiger partial charge is 0.242 e. The van der Waals surface area contributed by atoms with Crippen LogP contribution >= 0.6 is 0 Å². The van der Waals surface area contributed by atoms with Crippen LogP contribution < -0.4 is 10.6 Å². The number of benzene rings is 1. The van der Waals surface area contributed by atoms with Crippen LogP contribution in [0.4, 0.5) is 5.69 Å². The van der Waals surface area contributed by atoms with Gasteiger partial charge in [0.25, 0.3) is 0 Å². The molecule has 0 heterocycles. The van der Waals surface area contributed by atoms with Crippen molar-refractivity contribution in [1.29, 1.82) is 0 Å². The second kappa shape index (κ2) is 7.82. The van der Waals surface area contributed by atoms with Gasteiger partial charge in [-0.2, -0.15) is 0 Å². The van der Waals surface area contributed by atoms with Crippen molar-refractivity contribution in [2.24, 2.45) is 0 Å². The van der Waals surface area contributed by atoms with Crippen LogP contribution in [0.15, 0.2) is 18.2 Å². The standard InChI is InChI=1S/C16H26N2O/c1-5-6-7-11-17-16(19)14(4)18-15-10-8-9-12(2)13(15)3/h8-10,14,18H,5-7,11H2,1-4H3,(H,17,19). The maximum absolute atomic E-state index is 11.9. The Hall–Kier alpha value is -1.51. The van der Waals surface area contributed by atoms with Gasteiger partial charge in [0.15, 0.2) is 0 Å². The summed E-state index contributed by atoms with van der Waals surface area (Å²) in [5, 5.41) is 6.25. The SMILES string of the molecule is CCCCCNC(=O)C(C)Nc1cccc(C)c1C. The Balaban J connectivity index is 2.47. The summed E-state index contributed by atoms with van der Waals surface area (Å²) in [6.45, 7) is 8.98. The first kappa shape index (κ1) is 15.5. The number of hydrogen-bond acceptors (Lipinski definition) is 2. The first-order valence-corrected chi connectivity index (χ1v) is 7.16. The molecular formula is C16H26N2O. The number of nitrogens with one attached hydrogen (secondary N) is 2. The molecule has 3 nitrogen and oxygen atoms in total. The minimum atomic E-state index is -0.206. The fourth-order valence-corrected chi connectivity index (χ4v) is 1.95. The van der Waals surface area contributed by atoms with Crippen molar-refractivity contribution in [3.8, 4) is 0 Å². The molecule has 0 saturated heterocycles. The van der Waals surface area contributed by atoms with Crippen LogP contribution in [0.2, 0.25) is 0 Å². The average Bonchev–Trinajstić information content (AvgIpc) is 2.39. The van der Waals surface area contributed by atoms with Crippen LogP contribution in [0.3, 0.4) is 0 Å². The number of anilines is 1. The predicted molar refractivity (Wildman–Crippen MR) is 81.5 cm³/mol. The molecule has 0 aliphatic heterocycles. The molecule has 1 unspecified atom stereocenters. The fraction of sp³-hybridized carbons (Fsp3) is 0.562. The third-order valence-corrected chi connectivity index (χ3v) is 3.45. The number of carbonyl (C=O) groups excluding carboxylic acids is 1. The van der Waals surface area contributed by atoms with E-state index in [-0.39, 0.29) is 11.9 Å². The van der Waals surface area contributed by atoms with Gasteiger partial charge < -0.3 is 10.6 Å². The molecular weight excluding hydrogens is 236 g/mol. The molecule has 0 fully saturated rings. The molecule has 1 aromatic carbocycles. The molecule has 0 aliphatic carbocycles. The molecule has 0 radical (unpaired) electrons. The summed E-state index contributed by atoms with van der Waals surface area (Å²) in [4.78, 5) is 11.9. The fourth-order valence-electron chi connectivity index (χ4n) is 1.95. The second-order valence-electron chi connectivity index (χ2n) is 5.11. The topological polar surface area (TPSA) is 41.1 Å². The van der Waals surface area contributed by atoms with Crippen LogP contribution in [0.25, 0.3) is 0 Å². The summed E-state index contributed by atoms with van der Waals surface area (Å²) in [5.41, 5.74) is 3.48. The Morgan fingerprint density at radius 1 is 1.26 bits per heavy atom. The van der Waals surface area contributed by atoms with Crippen molar-refractivity contribution < 1.29 is 4.79 Å². The number of aryl methyl sites for hydroxylation is 1. The highest BCUT2D eigenvalue weighted by Crippen LogP contribution is 2.18. The Morgan fingerprint density at radius 3 is 2.68 bits per heavy atom. The maximum Gasteiger partial charge on any atom is 0.242 e. The van der Waals surface area contributed by atoms with Gasteiger partial charge in [-0.05, 0) is 44.4 Å². The quantitative estimate of drug-likeness (QED) is 0.739. The Kier molecular flexibility index (Phi) is 6.40. The van der Waals surface area contributed by atoms with E-state index in [4.69, 9.17) is 0 Å². The lowest BCUT2D eigenvalue weighted by molar-refractivity contribution is -0.121. The van der Waals surface area contributed by atoms with Crippen LogP contribution in [-0.2, 0) is 4.79 Å². The third kappa shape index (κ3) is 4.93. The molecule has 0 saturated carbocycles. The van der Waals surface area contributed by atoms with Gasteiger partial charge in [0.2, 0.25) is 5.91 Å². The first-order valence-electron chi connectivity index (χ1n) is 7.16. The van der Waals surface area contributed by atoms with E-state index in [0.29, 0.717) is 0 Å². The van der Waals surface area contributed by atoms with E-state index < -0.39 is 0 Å². The van der Waals surface area contributed by atoms with Gasteiger partial charge in [0.05, 0.1) is 0 Å². The number of rotatable bonds is 7. The van der Waals surface area contributed by atoms with Crippen LogP contribution in [-0.4, -0.2) is 18.5 Å². The van der Waals surface area contributed by atoms with Crippen LogP contribution in [0.1, 0.15) is 44.2 Å². The van der Waals surface area contributed by atoms with Crippen molar-refractivity contribution >= 4 is 11.6 Å². The average molecular weight is 262 g/mol. The molecule has 1 atom stereocenters. The van der Waals surface area contributed by atoms with E-state index in [0.717, 1.165) is 18.7 Å². The van der Waals surface area contributed by atoms with Crippen LogP contribution in [0, 0.1) is 13.8 Å². The van der Waals surface area contributed by atoms with E-state index in [1.807, 2.05) is 19.1 Å². The van der Waals surface area contributed by atoms with Gasteiger partial charge in [0, 0.05) is 12.2 Å². The minimum Gasteiger partial charge on any atom is -0.374 e. The molecule has 1 rings (SSSR count). The van der Waals surface area contributed by atoms with Gasteiger partial charge in [0.1, 0.15) is 6.04 Å². The van der Waals surface area contributed by atoms with Gasteiger partial charge in [-0.15, -0.1) is 0 Å². The zero-order chi connectivity index (χ0) is 14.3. The van der Waals surface area contributed by atoms with Gasteiger partial charge in [-0.25, -0.2) is 0 Å². The molecule has 0 spiro atoms. The summed E-state index contributed by atoms with van der Waals surface area (Å²) < 4.78 is 0. The van der Waals surface area contributed by atoms with Crippen molar-refractivity contribution in [2.75, 3.05) is 11.9 Å². The number of carbonyl (C=O) groups is 1. The molecule has 1 amide bonds. The summed E-state index contributed by atoms with van der Waals surface area (Å²) >= 11 is 0. The number of hydrogen-bond donors (Lipinski definition) is 2. The maximum atomic E-state index is 11.9. The van der Waals surface area contributed by atoms with Gasteiger partial charge in [-0.3, -0.25) is 4.79 Å². The summed E-state index contributed by atoms with van der Waals surface area (Å²) in [6.07, 6.45) is 3.39.